The molecule has 1 aromatic rings. The quantitative estimate of drug-likeness (QED) is 0.586. The molecule has 0 bridgehead atoms. The van der Waals surface area contributed by atoms with Crippen molar-refractivity contribution in [1.82, 2.24) is 0 Å². The minimum absolute atomic E-state index is 0.348. The maximum atomic E-state index is 4.93. The van der Waals surface area contributed by atoms with E-state index >= 15 is 0 Å². The summed E-state index contributed by atoms with van der Waals surface area (Å²) in [6.45, 7) is 4.63. The van der Waals surface area contributed by atoms with E-state index in [4.69, 9.17) is 17.0 Å². The van der Waals surface area contributed by atoms with Gasteiger partial charge in [-0.15, -0.1) is 0 Å². The van der Waals surface area contributed by atoms with Gasteiger partial charge in [-0.05, 0) is 35.0 Å². The third-order valence-corrected chi connectivity index (χ3v) is 3.46. The number of rotatable bonds is 0. The maximum absolute atomic E-state index is 4.93. The van der Waals surface area contributed by atoms with Gasteiger partial charge in [0.15, 0.2) is 0 Å². The summed E-state index contributed by atoms with van der Waals surface area (Å²) in [5.41, 5.74) is 6.43. The number of benzene rings is 1. The first-order chi connectivity index (χ1) is 8.57. The average Bonchev–Trinajstić information content (AvgIpc) is 2.65. The molecule has 0 fully saturated rings. The Labute approximate surface area is 128 Å². The van der Waals surface area contributed by atoms with Crippen molar-refractivity contribution in [2.75, 3.05) is 0 Å². The van der Waals surface area contributed by atoms with E-state index in [1.165, 1.54) is 29.5 Å². The van der Waals surface area contributed by atoms with Crippen molar-refractivity contribution in [3.05, 3.63) is 53.1 Å². The van der Waals surface area contributed by atoms with Crippen LogP contribution in [0.4, 0.5) is 0 Å². The molecule has 1 aromatic carbocycles. The number of hydrogen-bond acceptors (Lipinski definition) is 0. The molecule has 0 atom stereocenters. The average molecular weight is 358 g/mol. The fraction of sp³-hybridized carbons (Fsp3) is 0.333. The van der Waals surface area contributed by atoms with Gasteiger partial charge in [0.05, 0.1) is 0 Å². The van der Waals surface area contributed by atoms with Crippen LogP contribution in [0.3, 0.4) is 0 Å². The Morgan fingerprint density at radius 3 is 2.56 bits per heavy atom. The first-order valence-electron chi connectivity index (χ1n) is 6.03. The standard InChI is InChI=1S/C15H16.2ClH.Zr/c1-15(2)8-7-14-12(10-15)9-11-5-3-4-6-13(11)14;;;/h3-8H,9-10H2,1-2H3;2*1H;/q;;;+2/p-2. The van der Waals surface area contributed by atoms with Crippen molar-refractivity contribution in [1.29, 1.82) is 0 Å². The summed E-state index contributed by atoms with van der Waals surface area (Å²) in [5.74, 6) is 0. The fourth-order valence-electron chi connectivity index (χ4n) is 2.74. The summed E-state index contributed by atoms with van der Waals surface area (Å²) in [5, 5.41) is 0. The predicted octanol–water partition coefficient (Wildman–Crippen LogP) is 5.36. The molecule has 0 unspecified atom stereocenters. The van der Waals surface area contributed by atoms with Gasteiger partial charge in [-0.1, -0.05) is 55.8 Å². The van der Waals surface area contributed by atoms with Crippen molar-refractivity contribution in [2.45, 2.75) is 26.7 Å². The van der Waals surface area contributed by atoms with Gasteiger partial charge in [0.1, 0.15) is 0 Å². The number of allylic oxidation sites excluding steroid dienone is 4. The number of fused-ring (bicyclic) bond motifs is 2. The van der Waals surface area contributed by atoms with Gasteiger partial charge < -0.3 is 0 Å². The Bertz CT molecular complexity index is 501. The van der Waals surface area contributed by atoms with Gasteiger partial charge in [-0.2, -0.15) is 0 Å². The summed E-state index contributed by atoms with van der Waals surface area (Å²) < 4.78 is 0. The monoisotopic (exact) mass is 356 g/mol. The van der Waals surface area contributed by atoms with Crippen LogP contribution in [0.5, 0.6) is 0 Å². The second-order valence-corrected chi connectivity index (χ2v) is 9.15. The van der Waals surface area contributed by atoms with Crippen molar-refractivity contribution >= 4 is 22.6 Å². The van der Waals surface area contributed by atoms with Crippen LogP contribution < -0.4 is 0 Å². The molecule has 3 rings (SSSR count). The third-order valence-electron chi connectivity index (χ3n) is 3.46. The van der Waals surface area contributed by atoms with Gasteiger partial charge in [0.25, 0.3) is 0 Å². The SMILES string of the molecule is CC1(C)C=CC2=C(Cc3ccccc32)C1.[Cl][Zr][Cl]. The zero-order valence-corrected chi connectivity index (χ0v) is 14.6. The van der Waals surface area contributed by atoms with Crippen molar-refractivity contribution < 1.29 is 20.8 Å². The number of halogens is 2. The van der Waals surface area contributed by atoms with Crippen molar-refractivity contribution in [3.63, 3.8) is 0 Å². The summed E-state index contributed by atoms with van der Waals surface area (Å²) in [6.07, 6.45) is 7.06. The van der Waals surface area contributed by atoms with Crippen LogP contribution in [0.1, 0.15) is 31.4 Å². The summed E-state index contributed by atoms with van der Waals surface area (Å²) in [7, 11) is 9.87. The molecule has 94 valence electrons. The Hall–Kier alpha value is 0.163. The zero-order valence-electron chi connectivity index (χ0n) is 10.6. The van der Waals surface area contributed by atoms with Crippen LogP contribution in [0.15, 0.2) is 42.0 Å². The fourth-order valence-corrected chi connectivity index (χ4v) is 2.74. The Morgan fingerprint density at radius 2 is 1.83 bits per heavy atom. The van der Waals surface area contributed by atoms with Crippen LogP contribution in [0.2, 0.25) is 0 Å². The van der Waals surface area contributed by atoms with Crippen LogP contribution in [-0.4, -0.2) is 0 Å². The van der Waals surface area contributed by atoms with E-state index in [0.717, 1.165) is 0 Å². The first-order valence-corrected chi connectivity index (χ1v) is 12.4. The molecule has 2 aliphatic rings. The minimum atomic E-state index is -0.826. The molecular weight excluding hydrogens is 342 g/mol. The predicted molar refractivity (Wildman–Crippen MR) is 76.3 cm³/mol. The Balaban J connectivity index is 0.000000367. The van der Waals surface area contributed by atoms with Crippen molar-refractivity contribution in [3.8, 4) is 0 Å². The van der Waals surface area contributed by atoms with Gasteiger partial charge >= 0.3 is 37.9 Å². The topological polar surface area (TPSA) is 0 Å². The summed E-state index contributed by atoms with van der Waals surface area (Å²) in [4.78, 5) is 0. The molecule has 0 aliphatic heterocycles. The number of hydrogen-bond donors (Lipinski definition) is 0. The van der Waals surface area contributed by atoms with Gasteiger partial charge in [0, 0.05) is 0 Å². The molecule has 0 saturated heterocycles. The zero-order chi connectivity index (χ0) is 13.2. The molecule has 0 radical (unpaired) electrons. The van der Waals surface area contributed by atoms with E-state index in [9.17, 15) is 0 Å². The normalized spacial score (nSPS) is 18.7. The molecule has 0 saturated carbocycles. The first kappa shape index (κ1) is 14.6. The van der Waals surface area contributed by atoms with Gasteiger partial charge in [0.2, 0.25) is 0 Å². The van der Waals surface area contributed by atoms with Crippen LogP contribution in [0, 0.1) is 5.41 Å². The van der Waals surface area contributed by atoms with Crippen molar-refractivity contribution in [2.24, 2.45) is 5.41 Å². The van der Waals surface area contributed by atoms with Crippen LogP contribution >= 0.6 is 17.0 Å². The van der Waals surface area contributed by atoms with E-state index in [-0.39, 0.29) is 0 Å². The second kappa shape index (κ2) is 6.08. The Morgan fingerprint density at radius 1 is 1.17 bits per heavy atom. The summed E-state index contributed by atoms with van der Waals surface area (Å²) in [6, 6.07) is 8.79. The summed E-state index contributed by atoms with van der Waals surface area (Å²) >= 11 is -0.826. The van der Waals surface area contributed by atoms with E-state index < -0.39 is 20.8 Å². The van der Waals surface area contributed by atoms with E-state index in [2.05, 4.69) is 50.3 Å². The molecular formula is C15H16Cl2Zr. The molecule has 0 amide bonds. The third kappa shape index (κ3) is 3.18. The molecule has 0 nitrogen and oxygen atoms in total. The molecule has 0 heterocycles. The molecule has 3 heteroatoms. The molecule has 0 spiro atoms. The molecule has 18 heavy (non-hydrogen) atoms. The van der Waals surface area contributed by atoms with Crippen LogP contribution in [-0.2, 0) is 27.3 Å². The van der Waals surface area contributed by atoms with Gasteiger partial charge in [-0.3, -0.25) is 0 Å². The Kier molecular flexibility index (Phi) is 4.92. The molecule has 0 N–H and O–H groups in total. The molecule has 0 aromatic heterocycles. The van der Waals surface area contributed by atoms with Gasteiger partial charge in [-0.25, -0.2) is 0 Å². The second-order valence-electron chi connectivity index (χ2n) is 5.42. The van der Waals surface area contributed by atoms with E-state index in [1.54, 1.807) is 5.57 Å². The molecule has 2 aliphatic carbocycles. The van der Waals surface area contributed by atoms with E-state index in [1.807, 2.05) is 0 Å². The van der Waals surface area contributed by atoms with E-state index in [0.29, 0.717) is 5.41 Å². The van der Waals surface area contributed by atoms with Crippen LogP contribution in [0.25, 0.3) is 5.57 Å².